The molecule has 0 bridgehead atoms. The molecule has 0 rings (SSSR count). The van der Waals surface area contributed by atoms with Gasteiger partial charge in [0, 0.05) is 6.04 Å². The van der Waals surface area contributed by atoms with Gasteiger partial charge in [-0.15, -0.1) is 0 Å². The molecular weight excluding hydrogens is 262 g/mol. The molecule has 0 saturated heterocycles. The number of carboxylic acids is 1. The third-order valence-electron chi connectivity index (χ3n) is 2.88. The molecule has 0 aromatic heterocycles. The van der Waals surface area contributed by atoms with Crippen LogP contribution in [0.2, 0.25) is 0 Å². The van der Waals surface area contributed by atoms with Crippen LogP contribution < -0.4 is 16.4 Å². The molecule has 0 fully saturated rings. The van der Waals surface area contributed by atoms with Crippen molar-refractivity contribution in [2.24, 2.45) is 5.73 Å². The lowest BCUT2D eigenvalue weighted by Gasteiger charge is -2.17. The van der Waals surface area contributed by atoms with Gasteiger partial charge in [-0.25, -0.2) is 9.59 Å². The fraction of sp³-hybridized carbons (Fsp3) is 0.769. The Morgan fingerprint density at radius 1 is 1.15 bits per heavy atom. The summed E-state index contributed by atoms with van der Waals surface area (Å²) in [5.41, 5.74) is 4.93. The molecule has 7 heteroatoms. The Kier molecular flexibility index (Phi) is 9.15. The molecule has 0 aliphatic rings. The molecule has 2 unspecified atom stereocenters. The minimum absolute atomic E-state index is 0.0464. The van der Waals surface area contributed by atoms with Gasteiger partial charge in [0.25, 0.3) is 0 Å². The van der Waals surface area contributed by atoms with E-state index < -0.39 is 30.4 Å². The van der Waals surface area contributed by atoms with Gasteiger partial charge in [0.2, 0.25) is 5.91 Å². The van der Waals surface area contributed by atoms with Crippen molar-refractivity contribution in [1.82, 2.24) is 10.6 Å². The first-order chi connectivity index (χ1) is 9.36. The maximum absolute atomic E-state index is 11.6. The number of amides is 3. The molecule has 20 heavy (non-hydrogen) atoms. The molecule has 0 aliphatic carbocycles. The predicted molar refractivity (Wildman–Crippen MR) is 75.1 cm³/mol. The van der Waals surface area contributed by atoms with Crippen molar-refractivity contribution < 1.29 is 19.5 Å². The van der Waals surface area contributed by atoms with Crippen molar-refractivity contribution in [2.75, 3.05) is 0 Å². The van der Waals surface area contributed by atoms with Crippen LogP contribution in [0.5, 0.6) is 0 Å². The molecule has 7 nitrogen and oxygen atoms in total. The van der Waals surface area contributed by atoms with Crippen molar-refractivity contribution >= 4 is 17.9 Å². The lowest BCUT2D eigenvalue weighted by molar-refractivity contribution is -0.140. The molecule has 0 aromatic rings. The molecule has 3 amide bonds. The Morgan fingerprint density at radius 2 is 1.80 bits per heavy atom. The van der Waals surface area contributed by atoms with Gasteiger partial charge >= 0.3 is 12.0 Å². The van der Waals surface area contributed by atoms with Crippen LogP contribution in [-0.4, -0.2) is 35.1 Å². The quantitative estimate of drug-likeness (QED) is 0.447. The number of carbonyl (C=O) groups is 3. The average Bonchev–Trinajstić information content (AvgIpc) is 2.33. The number of nitrogens with one attached hydrogen (secondary N) is 2. The Bertz CT molecular complexity index is 334. The zero-order valence-electron chi connectivity index (χ0n) is 12.1. The number of unbranched alkanes of at least 4 members (excludes halogenated alkanes) is 3. The van der Waals surface area contributed by atoms with Crippen LogP contribution in [0, 0.1) is 0 Å². The highest BCUT2D eigenvalue weighted by atomic mass is 16.4. The number of aliphatic carboxylic acids is 1. The number of carboxylic acid groups (broad SMARTS) is 1. The zero-order chi connectivity index (χ0) is 15.5. The first kappa shape index (κ1) is 18.2. The summed E-state index contributed by atoms with van der Waals surface area (Å²) in [5.74, 6) is -2.06. The smallest absolute Gasteiger partial charge is 0.326 e. The van der Waals surface area contributed by atoms with E-state index >= 15 is 0 Å². The summed E-state index contributed by atoms with van der Waals surface area (Å²) in [5, 5.41) is 13.7. The second-order valence-corrected chi connectivity index (χ2v) is 4.93. The topological polar surface area (TPSA) is 122 Å². The van der Waals surface area contributed by atoms with Crippen LogP contribution in [0.3, 0.4) is 0 Å². The third-order valence-corrected chi connectivity index (χ3v) is 2.88. The van der Waals surface area contributed by atoms with Crippen molar-refractivity contribution in [3.63, 3.8) is 0 Å². The Labute approximate surface area is 119 Å². The van der Waals surface area contributed by atoms with Gasteiger partial charge in [-0.1, -0.05) is 32.6 Å². The number of nitrogens with two attached hydrogens (primary N) is 1. The molecule has 5 N–H and O–H groups in total. The molecule has 2 atom stereocenters. The number of rotatable bonds is 10. The minimum atomic E-state index is -1.29. The number of primary amides is 1. The second kappa shape index (κ2) is 10.1. The van der Waals surface area contributed by atoms with E-state index in [1.807, 2.05) is 6.92 Å². The van der Waals surface area contributed by atoms with E-state index in [-0.39, 0.29) is 6.04 Å². The summed E-state index contributed by atoms with van der Waals surface area (Å²) in [4.78, 5) is 33.2. The highest BCUT2D eigenvalue weighted by Crippen LogP contribution is 2.05. The first-order valence-electron chi connectivity index (χ1n) is 6.95. The normalized spacial score (nSPS) is 13.3. The summed E-state index contributed by atoms with van der Waals surface area (Å²) < 4.78 is 0. The summed E-state index contributed by atoms with van der Waals surface area (Å²) in [7, 11) is 0. The third kappa shape index (κ3) is 9.18. The summed E-state index contributed by atoms with van der Waals surface area (Å²) in [6, 6.07) is -1.93. The summed E-state index contributed by atoms with van der Waals surface area (Å²) >= 11 is 0. The SMILES string of the molecule is CCCCCCC(C)NC(=O)NC(CC(N)=O)C(=O)O. The van der Waals surface area contributed by atoms with Gasteiger partial charge < -0.3 is 21.5 Å². The van der Waals surface area contributed by atoms with Gasteiger partial charge in [0.05, 0.1) is 6.42 Å². The van der Waals surface area contributed by atoms with Crippen LogP contribution >= 0.6 is 0 Å². The lowest BCUT2D eigenvalue weighted by Crippen LogP contribution is -2.49. The van der Waals surface area contributed by atoms with Gasteiger partial charge in [0.15, 0.2) is 0 Å². The van der Waals surface area contributed by atoms with E-state index in [0.29, 0.717) is 0 Å². The summed E-state index contributed by atoms with van der Waals surface area (Å²) in [6.45, 7) is 3.98. The van der Waals surface area contributed by atoms with E-state index in [0.717, 1.165) is 25.7 Å². The first-order valence-corrected chi connectivity index (χ1v) is 6.95. The van der Waals surface area contributed by atoms with E-state index in [1.54, 1.807) is 0 Å². The number of urea groups is 1. The fourth-order valence-electron chi connectivity index (χ4n) is 1.77. The molecular formula is C13H25N3O4. The van der Waals surface area contributed by atoms with Gasteiger partial charge in [-0.2, -0.15) is 0 Å². The largest absolute Gasteiger partial charge is 0.480 e. The van der Waals surface area contributed by atoms with Gasteiger partial charge in [0.1, 0.15) is 6.04 Å². The van der Waals surface area contributed by atoms with E-state index in [1.165, 1.54) is 6.42 Å². The fourth-order valence-corrected chi connectivity index (χ4v) is 1.77. The maximum atomic E-state index is 11.6. The monoisotopic (exact) mass is 287 g/mol. The number of hydrogen-bond donors (Lipinski definition) is 4. The van der Waals surface area contributed by atoms with E-state index in [4.69, 9.17) is 10.8 Å². The molecule has 0 aromatic carbocycles. The molecule has 0 heterocycles. The zero-order valence-corrected chi connectivity index (χ0v) is 12.1. The van der Waals surface area contributed by atoms with E-state index in [2.05, 4.69) is 17.6 Å². The molecule has 0 aliphatic heterocycles. The lowest BCUT2D eigenvalue weighted by atomic mass is 10.1. The predicted octanol–water partition coefficient (Wildman–Crippen LogP) is 0.973. The Hall–Kier alpha value is -1.79. The molecule has 0 saturated carbocycles. The summed E-state index contributed by atoms with van der Waals surface area (Å²) in [6.07, 6.45) is 4.85. The molecule has 0 radical (unpaired) electrons. The van der Waals surface area contributed by atoms with Crippen molar-refractivity contribution in [3.8, 4) is 0 Å². The second-order valence-electron chi connectivity index (χ2n) is 4.93. The van der Waals surface area contributed by atoms with E-state index in [9.17, 15) is 14.4 Å². The number of carbonyl (C=O) groups excluding carboxylic acids is 2. The maximum Gasteiger partial charge on any atom is 0.326 e. The Balaban J connectivity index is 4.05. The average molecular weight is 287 g/mol. The van der Waals surface area contributed by atoms with Crippen molar-refractivity contribution in [1.29, 1.82) is 0 Å². The van der Waals surface area contributed by atoms with Crippen LogP contribution in [0.15, 0.2) is 0 Å². The van der Waals surface area contributed by atoms with Crippen LogP contribution in [-0.2, 0) is 9.59 Å². The highest BCUT2D eigenvalue weighted by Gasteiger charge is 2.22. The van der Waals surface area contributed by atoms with Crippen LogP contribution in [0.4, 0.5) is 4.79 Å². The van der Waals surface area contributed by atoms with Gasteiger partial charge in [-0.3, -0.25) is 4.79 Å². The Morgan fingerprint density at radius 3 is 2.30 bits per heavy atom. The number of hydrogen-bond acceptors (Lipinski definition) is 3. The standard InChI is InChI=1S/C13H25N3O4/c1-3-4-5-6-7-9(2)15-13(20)16-10(12(18)19)8-11(14)17/h9-10H,3-8H2,1-2H3,(H2,14,17)(H,18,19)(H2,15,16,20). The highest BCUT2D eigenvalue weighted by molar-refractivity contribution is 5.87. The van der Waals surface area contributed by atoms with Crippen molar-refractivity contribution in [3.05, 3.63) is 0 Å². The van der Waals surface area contributed by atoms with Crippen LogP contribution in [0.1, 0.15) is 52.4 Å². The molecule has 0 spiro atoms. The van der Waals surface area contributed by atoms with Crippen LogP contribution in [0.25, 0.3) is 0 Å². The molecule has 116 valence electrons. The minimum Gasteiger partial charge on any atom is -0.480 e. The van der Waals surface area contributed by atoms with Gasteiger partial charge in [-0.05, 0) is 13.3 Å². The van der Waals surface area contributed by atoms with Crippen molar-refractivity contribution in [2.45, 2.75) is 64.5 Å².